The van der Waals surface area contributed by atoms with Crippen LogP contribution in [0.1, 0.15) is 13.8 Å². The summed E-state index contributed by atoms with van der Waals surface area (Å²) < 4.78 is 0. The summed E-state index contributed by atoms with van der Waals surface area (Å²) >= 11 is 0. The fourth-order valence-corrected chi connectivity index (χ4v) is 0.823. The van der Waals surface area contributed by atoms with E-state index in [1.807, 2.05) is 13.0 Å². The first kappa shape index (κ1) is 6.49. The van der Waals surface area contributed by atoms with Crippen molar-refractivity contribution in [1.29, 1.82) is 0 Å². The summed E-state index contributed by atoms with van der Waals surface area (Å²) in [6, 6.07) is 0.169. The predicted octanol–water partition coefficient (Wildman–Crippen LogP) is 0.938. The van der Waals surface area contributed by atoms with Crippen LogP contribution in [0.3, 0.4) is 0 Å². The van der Waals surface area contributed by atoms with Gasteiger partial charge in [-0.2, -0.15) is 0 Å². The van der Waals surface area contributed by atoms with Gasteiger partial charge < -0.3 is 5.73 Å². The van der Waals surface area contributed by atoms with Gasteiger partial charge in [-0.1, -0.05) is 6.92 Å². The van der Waals surface area contributed by atoms with Crippen molar-refractivity contribution < 1.29 is 0 Å². The molecular weight excluding hydrogens is 112 g/mol. The first-order valence-electron chi connectivity index (χ1n) is 3.18. The Morgan fingerprint density at radius 1 is 1.67 bits per heavy atom. The Kier molecular flexibility index (Phi) is 1.67. The molecule has 2 unspecified atom stereocenters. The third-order valence-corrected chi connectivity index (χ3v) is 1.82. The van der Waals surface area contributed by atoms with E-state index in [9.17, 15) is 0 Å². The number of hydrogen-bond donors (Lipinski definition) is 1. The van der Waals surface area contributed by atoms with Crippen LogP contribution >= 0.6 is 0 Å². The molecule has 50 valence electrons. The number of hydrogen-bond acceptors (Lipinski definition) is 2. The van der Waals surface area contributed by atoms with Crippen molar-refractivity contribution in [2.24, 2.45) is 16.6 Å². The molecule has 0 radical (unpaired) electrons. The lowest BCUT2D eigenvalue weighted by Gasteiger charge is -2.18. The minimum absolute atomic E-state index is 0.169. The van der Waals surface area contributed by atoms with Crippen molar-refractivity contribution in [3.8, 4) is 0 Å². The van der Waals surface area contributed by atoms with E-state index in [2.05, 4.69) is 11.9 Å². The van der Waals surface area contributed by atoms with Crippen LogP contribution in [0.5, 0.6) is 0 Å². The van der Waals surface area contributed by atoms with Crippen LogP contribution in [0, 0.1) is 5.92 Å². The number of nitrogens with zero attached hydrogens (tertiary/aromatic N) is 1. The molecule has 0 amide bonds. The quantitative estimate of drug-likeness (QED) is 0.512. The van der Waals surface area contributed by atoms with Crippen molar-refractivity contribution in [3.63, 3.8) is 0 Å². The summed E-state index contributed by atoms with van der Waals surface area (Å²) in [4.78, 5) is 4.12. The second-order valence-electron chi connectivity index (χ2n) is 2.48. The van der Waals surface area contributed by atoms with Crippen LogP contribution in [-0.2, 0) is 0 Å². The highest BCUT2D eigenvalue weighted by Gasteiger charge is 2.14. The predicted molar refractivity (Wildman–Crippen MR) is 39.4 cm³/mol. The highest BCUT2D eigenvalue weighted by molar-refractivity contribution is 5.86. The Morgan fingerprint density at radius 3 is 2.78 bits per heavy atom. The Balaban J connectivity index is 2.73. The summed E-state index contributed by atoms with van der Waals surface area (Å²) in [7, 11) is 0. The van der Waals surface area contributed by atoms with Gasteiger partial charge in [-0.3, -0.25) is 4.99 Å². The van der Waals surface area contributed by atoms with E-state index in [-0.39, 0.29) is 6.04 Å². The molecule has 2 heteroatoms. The van der Waals surface area contributed by atoms with E-state index in [0.29, 0.717) is 5.92 Å². The molecule has 1 heterocycles. The standard InChI is InChI=1S/C7H12N2/c1-5-6(2)9-4-3-7(5)8/h3-5,7H,8H2,1-2H3. The molecule has 1 aliphatic rings. The molecule has 0 saturated carbocycles. The lowest BCUT2D eigenvalue weighted by molar-refractivity contribution is 0.653. The molecule has 0 aliphatic carbocycles. The fourth-order valence-electron chi connectivity index (χ4n) is 0.823. The van der Waals surface area contributed by atoms with Gasteiger partial charge in [0.2, 0.25) is 0 Å². The van der Waals surface area contributed by atoms with Crippen LogP contribution in [-0.4, -0.2) is 11.8 Å². The van der Waals surface area contributed by atoms with Crippen LogP contribution in [0.4, 0.5) is 0 Å². The molecule has 0 fully saturated rings. The van der Waals surface area contributed by atoms with Crippen LogP contribution < -0.4 is 5.73 Å². The topological polar surface area (TPSA) is 38.4 Å². The van der Waals surface area contributed by atoms with Gasteiger partial charge in [-0.25, -0.2) is 0 Å². The lowest BCUT2D eigenvalue weighted by atomic mass is 9.96. The molecule has 0 aromatic carbocycles. The van der Waals surface area contributed by atoms with Crippen molar-refractivity contribution in [2.75, 3.05) is 0 Å². The zero-order valence-corrected chi connectivity index (χ0v) is 5.83. The van der Waals surface area contributed by atoms with Crippen molar-refractivity contribution in [1.82, 2.24) is 0 Å². The van der Waals surface area contributed by atoms with E-state index in [1.165, 1.54) is 0 Å². The Bertz CT molecular complexity index is 158. The smallest absolute Gasteiger partial charge is 0.0320 e. The van der Waals surface area contributed by atoms with E-state index in [4.69, 9.17) is 5.73 Å². The molecule has 0 aromatic heterocycles. The summed E-state index contributed by atoms with van der Waals surface area (Å²) in [5.74, 6) is 0.412. The summed E-state index contributed by atoms with van der Waals surface area (Å²) in [5.41, 5.74) is 6.83. The van der Waals surface area contributed by atoms with Gasteiger partial charge in [0.1, 0.15) is 0 Å². The third kappa shape index (κ3) is 1.19. The van der Waals surface area contributed by atoms with Gasteiger partial charge in [0, 0.05) is 23.9 Å². The van der Waals surface area contributed by atoms with Gasteiger partial charge in [0.15, 0.2) is 0 Å². The van der Waals surface area contributed by atoms with E-state index >= 15 is 0 Å². The third-order valence-electron chi connectivity index (χ3n) is 1.82. The maximum atomic E-state index is 5.70. The summed E-state index contributed by atoms with van der Waals surface area (Å²) in [5, 5.41) is 0. The maximum Gasteiger partial charge on any atom is 0.0320 e. The molecule has 0 spiro atoms. The normalized spacial score (nSPS) is 34.3. The fraction of sp³-hybridized carbons (Fsp3) is 0.571. The Morgan fingerprint density at radius 2 is 2.33 bits per heavy atom. The van der Waals surface area contributed by atoms with Crippen LogP contribution in [0.2, 0.25) is 0 Å². The van der Waals surface area contributed by atoms with Gasteiger partial charge in [0.25, 0.3) is 0 Å². The average Bonchev–Trinajstić information content (AvgIpc) is 1.83. The molecule has 1 rings (SSSR count). The highest BCUT2D eigenvalue weighted by Crippen LogP contribution is 2.09. The molecule has 1 aliphatic heterocycles. The van der Waals surface area contributed by atoms with E-state index < -0.39 is 0 Å². The molecule has 0 saturated heterocycles. The zero-order chi connectivity index (χ0) is 6.85. The van der Waals surface area contributed by atoms with Crippen LogP contribution in [0.25, 0.3) is 0 Å². The average molecular weight is 124 g/mol. The molecule has 2 atom stereocenters. The second-order valence-corrected chi connectivity index (χ2v) is 2.48. The summed E-state index contributed by atoms with van der Waals surface area (Å²) in [6.45, 7) is 4.10. The Labute approximate surface area is 55.5 Å². The van der Waals surface area contributed by atoms with Crippen molar-refractivity contribution in [3.05, 3.63) is 12.3 Å². The minimum Gasteiger partial charge on any atom is -0.324 e. The second kappa shape index (κ2) is 2.31. The van der Waals surface area contributed by atoms with Crippen LogP contribution in [0.15, 0.2) is 17.3 Å². The highest BCUT2D eigenvalue weighted by atomic mass is 14.8. The number of aliphatic imine (C=N–C) groups is 1. The lowest BCUT2D eigenvalue weighted by Crippen LogP contribution is -2.32. The first-order chi connectivity index (χ1) is 4.22. The largest absolute Gasteiger partial charge is 0.324 e. The van der Waals surface area contributed by atoms with Crippen molar-refractivity contribution in [2.45, 2.75) is 19.9 Å². The van der Waals surface area contributed by atoms with Gasteiger partial charge in [-0.05, 0) is 13.0 Å². The number of rotatable bonds is 0. The maximum absolute atomic E-state index is 5.70. The SMILES string of the molecule is CC1=NC=CC(N)C1C. The molecule has 0 aromatic rings. The van der Waals surface area contributed by atoms with Gasteiger partial charge in [0.05, 0.1) is 0 Å². The van der Waals surface area contributed by atoms with Gasteiger partial charge >= 0.3 is 0 Å². The zero-order valence-electron chi connectivity index (χ0n) is 5.83. The van der Waals surface area contributed by atoms with Gasteiger partial charge in [-0.15, -0.1) is 0 Å². The first-order valence-corrected chi connectivity index (χ1v) is 3.18. The molecule has 9 heavy (non-hydrogen) atoms. The molecule has 2 nitrogen and oxygen atoms in total. The van der Waals surface area contributed by atoms with E-state index in [0.717, 1.165) is 5.71 Å². The Hall–Kier alpha value is -0.630. The summed E-state index contributed by atoms with van der Waals surface area (Å²) in [6.07, 6.45) is 3.71. The number of nitrogens with two attached hydrogens (primary N) is 1. The van der Waals surface area contributed by atoms with E-state index in [1.54, 1.807) is 6.20 Å². The molecular formula is C7H12N2. The molecule has 0 bridgehead atoms. The van der Waals surface area contributed by atoms with Crippen molar-refractivity contribution >= 4 is 5.71 Å². The minimum atomic E-state index is 0.169. The monoisotopic (exact) mass is 124 g/mol. The molecule has 2 N–H and O–H groups in total.